The van der Waals surface area contributed by atoms with E-state index in [-0.39, 0.29) is 29.4 Å². The Morgan fingerprint density at radius 3 is 2.62 bits per heavy atom. The first-order valence-electron chi connectivity index (χ1n) is 8.54. The quantitative estimate of drug-likeness (QED) is 0.809. The molecule has 0 bridgehead atoms. The third-order valence-corrected chi connectivity index (χ3v) is 4.57. The summed E-state index contributed by atoms with van der Waals surface area (Å²) >= 11 is 0. The number of nitrogens with zero attached hydrogens (tertiary/aromatic N) is 6. The predicted octanol–water partition coefficient (Wildman–Crippen LogP) is 2.21. The Morgan fingerprint density at radius 1 is 1.31 bits per heavy atom. The molecule has 142 valence electrons. The molecule has 0 atom stereocenters. The minimum Gasteiger partial charge on any atom is -0.417 e. The van der Waals surface area contributed by atoms with Crippen molar-refractivity contribution in [1.82, 2.24) is 29.4 Å². The molecule has 1 fully saturated rings. The molecule has 1 aliphatic heterocycles. The Bertz CT molecular complexity index is 765. The van der Waals surface area contributed by atoms with Gasteiger partial charge in [-0.2, -0.15) is 13.9 Å². The number of halogens is 2. The maximum atomic E-state index is 12.6. The number of ether oxygens (including phenoxy) is 1. The summed E-state index contributed by atoms with van der Waals surface area (Å²) in [5, 5.41) is 12.2. The lowest BCUT2D eigenvalue weighted by atomic mass is 9.95. The molecule has 0 aliphatic carbocycles. The Kier molecular flexibility index (Phi) is 5.19. The van der Waals surface area contributed by atoms with Gasteiger partial charge in [0.1, 0.15) is 12.2 Å². The second-order valence-corrected chi connectivity index (χ2v) is 6.63. The molecule has 0 spiro atoms. The molecule has 0 N–H and O–H groups in total. The Hall–Kier alpha value is -2.52. The molecule has 1 saturated heterocycles. The molecule has 0 saturated carbocycles. The first-order chi connectivity index (χ1) is 12.4. The molecule has 10 heteroatoms. The number of aromatic nitrogens is 5. The molecular formula is C16H22F2N6O2. The maximum absolute atomic E-state index is 12.6. The van der Waals surface area contributed by atoms with E-state index in [1.54, 1.807) is 11.2 Å². The Balaban J connectivity index is 1.64. The molecule has 3 heterocycles. The van der Waals surface area contributed by atoms with E-state index in [1.807, 2.05) is 0 Å². The van der Waals surface area contributed by atoms with Gasteiger partial charge in [0.2, 0.25) is 5.88 Å². The number of aryl methyl sites for hydroxylation is 1. The highest BCUT2D eigenvalue weighted by Gasteiger charge is 2.29. The van der Waals surface area contributed by atoms with Gasteiger partial charge >= 0.3 is 6.61 Å². The lowest BCUT2D eigenvalue weighted by Gasteiger charge is -2.31. The van der Waals surface area contributed by atoms with Crippen LogP contribution in [0.3, 0.4) is 0 Å². The smallest absolute Gasteiger partial charge is 0.388 e. The zero-order chi connectivity index (χ0) is 18.8. The van der Waals surface area contributed by atoms with Gasteiger partial charge in [-0.1, -0.05) is 0 Å². The van der Waals surface area contributed by atoms with E-state index in [0.29, 0.717) is 13.1 Å². The zero-order valence-corrected chi connectivity index (χ0v) is 15.0. The van der Waals surface area contributed by atoms with Crippen LogP contribution in [-0.4, -0.2) is 55.1 Å². The van der Waals surface area contributed by atoms with Crippen LogP contribution in [0.2, 0.25) is 0 Å². The number of rotatable bonds is 5. The molecule has 8 nitrogen and oxygen atoms in total. The third-order valence-electron chi connectivity index (χ3n) is 4.57. The molecule has 0 radical (unpaired) electrons. The molecule has 2 aromatic heterocycles. The Morgan fingerprint density at radius 2 is 2.00 bits per heavy atom. The molecule has 0 unspecified atom stereocenters. The molecular weight excluding hydrogens is 346 g/mol. The van der Waals surface area contributed by atoms with Crippen molar-refractivity contribution in [2.45, 2.75) is 45.3 Å². The summed E-state index contributed by atoms with van der Waals surface area (Å²) in [6.45, 7) is 2.30. The highest BCUT2D eigenvalue weighted by molar-refractivity contribution is 5.92. The lowest BCUT2D eigenvalue weighted by Crippen LogP contribution is -2.38. The Labute approximate surface area is 149 Å². The molecule has 3 rings (SSSR count). The number of carbonyl (C=O) groups is 1. The molecule has 26 heavy (non-hydrogen) atoms. The minimum atomic E-state index is -2.96. The molecule has 0 aromatic carbocycles. The van der Waals surface area contributed by atoms with Crippen LogP contribution in [0, 0.1) is 0 Å². The minimum absolute atomic E-state index is 0.104. The van der Waals surface area contributed by atoms with Gasteiger partial charge in [-0.25, -0.2) is 4.68 Å². The van der Waals surface area contributed by atoms with E-state index in [9.17, 15) is 13.6 Å². The molecule has 1 amide bonds. The van der Waals surface area contributed by atoms with Crippen LogP contribution in [0.25, 0.3) is 0 Å². The maximum Gasteiger partial charge on any atom is 0.388 e. The number of alkyl halides is 2. The summed E-state index contributed by atoms with van der Waals surface area (Å²) < 4.78 is 32.3. The van der Waals surface area contributed by atoms with Gasteiger partial charge in [0.25, 0.3) is 5.91 Å². The van der Waals surface area contributed by atoms with Gasteiger partial charge in [-0.05, 0) is 26.7 Å². The number of hydrogen-bond donors (Lipinski definition) is 0. The monoisotopic (exact) mass is 368 g/mol. The van der Waals surface area contributed by atoms with Gasteiger partial charge in [0, 0.05) is 38.2 Å². The van der Waals surface area contributed by atoms with E-state index >= 15 is 0 Å². The summed E-state index contributed by atoms with van der Waals surface area (Å²) in [7, 11) is 1.46. The van der Waals surface area contributed by atoms with E-state index in [0.717, 1.165) is 23.3 Å². The highest BCUT2D eigenvalue weighted by Crippen LogP contribution is 2.29. The van der Waals surface area contributed by atoms with Crippen molar-refractivity contribution < 1.29 is 18.3 Å². The average Bonchev–Trinajstić information content (AvgIpc) is 3.21. The normalized spacial score (nSPS) is 15.9. The SMILES string of the molecule is CC(C)n1cnnc1C1CCN(C(=O)c2cc(OC(F)F)n(C)n2)CC1. The van der Waals surface area contributed by atoms with E-state index in [2.05, 4.69) is 38.4 Å². The number of carbonyl (C=O) groups excluding carboxylic acids is 1. The molecule has 1 aliphatic rings. The van der Waals surface area contributed by atoms with Crippen molar-refractivity contribution in [3.63, 3.8) is 0 Å². The number of likely N-dealkylation sites (tertiary alicyclic amines) is 1. The first kappa shape index (κ1) is 18.3. The summed E-state index contributed by atoms with van der Waals surface area (Å²) in [5.41, 5.74) is 0.104. The summed E-state index contributed by atoms with van der Waals surface area (Å²) in [6.07, 6.45) is 3.27. The van der Waals surface area contributed by atoms with Crippen molar-refractivity contribution in [2.24, 2.45) is 7.05 Å². The number of piperidine rings is 1. The lowest BCUT2D eigenvalue weighted by molar-refractivity contribution is -0.0553. The third kappa shape index (κ3) is 3.68. The highest BCUT2D eigenvalue weighted by atomic mass is 19.3. The zero-order valence-electron chi connectivity index (χ0n) is 15.0. The van der Waals surface area contributed by atoms with Gasteiger partial charge in [0.05, 0.1) is 0 Å². The van der Waals surface area contributed by atoms with Crippen LogP contribution >= 0.6 is 0 Å². The topological polar surface area (TPSA) is 78.1 Å². The predicted molar refractivity (Wildman–Crippen MR) is 88.1 cm³/mol. The van der Waals surface area contributed by atoms with Gasteiger partial charge in [0.15, 0.2) is 5.69 Å². The second kappa shape index (κ2) is 7.38. The standard InChI is InChI=1S/C16H22F2N6O2/c1-10(2)24-9-19-20-14(24)11-4-6-23(7-5-11)15(25)12-8-13(22(3)21-12)26-16(17)18/h8-11,16H,4-7H2,1-3H3. The van der Waals surface area contributed by atoms with Crippen LogP contribution in [0.15, 0.2) is 12.4 Å². The van der Waals surface area contributed by atoms with Gasteiger partial charge in [-0.3, -0.25) is 4.79 Å². The van der Waals surface area contributed by atoms with Crippen LogP contribution in [0.1, 0.15) is 55.0 Å². The van der Waals surface area contributed by atoms with Crippen LogP contribution in [0.5, 0.6) is 5.88 Å². The summed E-state index contributed by atoms with van der Waals surface area (Å²) in [6, 6.07) is 1.53. The van der Waals surface area contributed by atoms with Crippen molar-refractivity contribution in [2.75, 3.05) is 13.1 Å². The van der Waals surface area contributed by atoms with E-state index in [1.165, 1.54) is 13.1 Å². The fourth-order valence-corrected chi connectivity index (χ4v) is 3.20. The fraction of sp³-hybridized carbons (Fsp3) is 0.625. The van der Waals surface area contributed by atoms with Crippen LogP contribution in [-0.2, 0) is 7.05 Å². The van der Waals surface area contributed by atoms with Crippen molar-refractivity contribution in [3.05, 3.63) is 23.9 Å². The van der Waals surface area contributed by atoms with Gasteiger partial charge < -0.3 is 14.2 Å². The van der Waals surface area contributed by atoms with Crippen LogP contribution in [0.4, 0.5) is 8.78 Å². The fourth-order valence-electron chi connectivity index (χ4n) is 3.20. The summed E-state index contributed by atoms with van der Waals surface area (Å²) in [5.74, 6) is 0.764. The van der Waals surface area contributed by atoms with E-state index < -0.39 is 6.61 Å². The number of hydrogen-bond acceptors (Lipinski definition) is 5. The van der Waals surface area contributed by atoms with Crippen LogP contribution < -0.4 is 4.74 Å². The van der Waals surface area contributed by atoms with Crippen molar-refractivity contribution >= 4 is 5.91 Å². The van der Waals surface area contributed by atoms with Crippen molar-refractivity contribution in [3.8, 4) is 5.88 Å². The largest absolute Gasteiger partial charge is 0.417 e. The second-order valence-electron chi connectivity index (χ2n) is 6.63. The molecule has 2 aromatic rings. The first-order valence-corrected chi connectivity index (χ1v) is 8.54. The average molecular weight is 368 g/mol. The van der Waals surface area contributed by atoms with Gasteiger partial charge in [-0.15, -0.1) is 10.2 Å². The van der Waals surface area contributed by atoms with Crippen molar-refractivity contribution in [1.29, 1.82) is 0 Å². The summed E-state index contributed by atoms with van der Waals surface area (Å²) in [4.78, 5) is 14.3. The van der Waals surface area contributed by atoms with E-state index in [4.69, 9.17) is 0 Å². The number of amides is 1.